The van der Waals surface area contributed by atoms with E-state index in [9.17, 15) is 4.39 Å². The van der Waals surface area contributed by atoms with Gasteiger partial charge in [-0.15, -0.1) is 0 Å². The molecule has 1 atom stereocenters. The number of rotatable bonds is 5. The van der Waals surface area contributed by atoms with Crippen molar-refractivity contribution in [3.8, 4) is 5.75 Å². The highest BCUT2D eigenvalue weighted by atomic mass is 19.1. The molecular formula is C20H24FNO. The van der Waals surface area contributed by atoms with Crippen LogP contribution in [0.4, 0.5) is 4.39 Å². The van der Waals surface area contributed by atoms with Crippen LogP contribution in [0.25, 0.3) is 0 Å². The SMILES string of the molecule is CC(C)Oc1ccc(CN2CCCC2c2ccc(F)cc2)cc1. The average molecular weight is 313 g/mol. The van der Waals surface area contributed by atoms with E-state index in [0.717, 1.165) is 25.3 Å². The minimum Gasteiger partial charge on any atom is -0.491 e. The third-order valence-electron chi connectivity index (χ3n) is 4.30. The standard InChI is InChI=1S/C20H24FNO/c1-15(2)23-19-11-5-16(6-12-19)14-22-13-3-4-20(22)17-7-9-18(21)10-8-17/h5-12,15,20H,3-4,13-14H2,1-2H3. The molecule has 2 aromatic rings. The molecule has 1 aliphatic rings. The summed E-state index contributed by atoms with van der Waals surface area (Å²) in [7, 11) is 0. The summed E-state index contributed by atoms with van der Waals surface area (Å²) in [5, 5.41) is 0. The van der Waals surface area contributed by atoms with Crippen molar-refractivity contribution < 1.29 is 9.13 Å². The second-order valence-electron chi connectivity index (χ2n) is 6.49. The highest BCUT2D eigenvalue weighted by molar-refractivity contribution is 5.28. The molecule has 0 aliphatic carbocycles. The topological polar surface area (TPSA) is 12.5 Å². The van der Waals surface area contributed by atoms with Crippen molar-refractivity contribution in [2.75, 3.05) is 6.54 Å². The summed E-state index contributed by atoms with van der Waals surface area (Å²) in [4.78, 5) is 2.48. The second-order valence-corrected chi connectivity index (χ2v) is 6.49. The maximum absolute atomic E-state index is 13.1. The van der Waals surface area contributed by atoms with Crippen LogP contribution in [0.2, 0.25) is 0 Å². The van der Waals surface area contributed by atoms with Crippen LogP contribution in [0.3, 0.4) is 0 Å². The number of hydrogen-bond donors (Lipinski definition) is 0. The van der Waals surface area contributed by atoms with Gasteiger partial charge in [0.05, 0.1) is 6.10 Å². The van der Waals surface area contributed by atoms with Crippen LogP contribution in [0.15, 0.2) is 48.5 Å². The number of nitrogens with zero attached hydrogens (tertiary/aromatic N) is 1. The molecule has 3 rings (SSSR count). The third kappa shape index (κ3) is 4.11. The fourth-order valence-corrected chi connectivity index (χ4v) is 3.26. The summed E-state index contributed by atoms with van der Waals surface area (Å²) < 4.78 is 18.8. The highest BCUT2D eigenvalue weighted by Gasteiger charge is 2.25. The maximum atomic E-state index is 13.1. The van der Waals surface area contributed by atoms with Gasteiger partial charge < -0.3 is 4.74 Å². The molecule has 1 saturated heterocycles. The molecule has 1 aliphatic heterocycles. The normalized spacial score (nSPS) is 18.5. The minimum absolute atomic E-state index is 0.168. The fourth-order valence-electron chi connectivity index (χ4n) is 3.26. The predicted molar refractivity (Wildman–Crippen MR) is 91.0 cm³/mol. The lowest BCUT2D eigenvalue weighted by Gasteiger charge is -2.25. The molecule has 3 heteroatoms. The predicted octanol–water partition coefficient (Wildman–Crippen LogP) is 4.95. The molecule has 1 unspecified atom stereocenters. The lowest BCUT2D eigenvalue weighted by molar-refractivity contribution is 0.240. The summed E-state index contributed by atoms with van der Waals surface area (Å²) in [5.74, 6) is 0.749. The van der Waals surface area contributed by atoms with E-state index < -0.39 is 0 Å². The van der Waals surface area contributed by atoms with Gasteiger partial charge in [-0.25, -0.2) is 4.39 Å². The zero-order valence-electron chi connectivity index (χ0n) is 13.8. The molecular weight excluding hydrogens is 289 g/mol. The molecule has 0 aromatic heterocycles. The quantitative estimate of drug-likeness (QED) is 0.774. The first kappa shape index (κ1) is 16.0. The Morgan fingerprint density at radius 1 is 1.09 bits per heavy atom. The van der Waals surface area contributed by atoms with Crippen molar-refractivity contribution in [1.29, 1.82) is 0 Å². The molecule has 0 spiro atoms. The first-order chi connectivity index (χ1) is 11.1. The van der Waals surface area contributed by atoms with E-state index >= 15 is 0 Å². The van der Waals surface area contributed by atoms with Crippen LogP contribution in [0.5, 0.6) is 5.75 Å². The van der Waals surface area contributed by atoms with Crippen molar-refractivity contribution in [3.05, 3.63) is 65.5 Å². The molecule has 0 bridgehead atoms. The summed E-state index contributed by atoms with van der Waals surface area (Å²) in [6.45, 7) is 6.08. The molecule has 1 heterocycles. The van der Waals surface area contributed by atoms with Crippen molar-refractivity contribution in [3.63, 3.8) is 0 Å². The van der Waals surface area contributed by atoms with Crippen molar-refractivity contribution >= 4 is 0 Å². The molecule has 0 amide bonds. The van der Waals surface area contributed by atoms with E-state index in [0.29, 0.717) is 6.04 Å². The van der Waals surface area contributed by atoms with Gasteiger partial charge in [-0.05, 0) is 68.6 Å². The van der Waals surface area contributed by atoms with Gasteiger partial charge in [-0.1, -0.05) is 24.3 Å². The van der Waals surface area contributed by atoms with E-state index in [4.69, 9.17) is 4.74 Å². The fraction of sp³-hybridized carbons (Fsp3) is 0.400. The molecule has 0 N–H and O–H groups in total. The number of halogens is 1. The van der Waals surface area contributed by atoms with Crippen LogP contribution in [0, 0.1) is 5.82 Å². The molecule has 1 fully saturated rings. The van der Waals surface area contributed by atoms with Gasteiger partial charge in [0, 0.05) is 12.6 Å². The van der Waals surface area contributed by atoms with Crippen molar-refractivity contribution in [1.82, 2.24) is 4.90 Å². The first-order valence-corrected chi connectivity index (χ1v) is 8.37. The smallest absolute Gasteiger partial charge is 0.123 e. The largest absolute Gasteiger partial charge is 0.491 e. The summed E-state index contributed by atoms with van der Waals surface area (Å²) >= 11 is 0. The van der Waals surface area contributed by atoms with Crippen LogP contribution in [-0.2, 0) is 6.54 Å². The van der Waals surface area contributed by atoms with E-state index in [1.807, 2.05) is 38.1 Å². The van der Waals surface area contributed by atoms with E-state index in [1.165, 1.54) is 17.5 Å². The van der Waals surface area contributed by atoms with Crippen molar-refractivity contribution in [2.24, 2.45) is 0 Å². The van der Waals surface area contributed by atoms with Gasteiger partial charge in [0.1, 0.15) is 11.6 Å². The molecule has 2 aromatic carbocycles. The second kappa shape index (κ2) is 7.14. The summed E-state index contributed by atoms with van der Waals surface area (Å²) in [5.41, 5.74) is 2.50. The van der Waals surface area contributed by atoms with Crippen LogP contribution < -0.4 is 4.74 Å². The average Bonchev–Trinajstić information content (AvgIpc) is 2.98. The summed E-state index contributed by atoms with van der Waals surface area (Å²) in [6.07, 6.45) is 2.53. The van der Waals surface area contributed by atoms with E-state index in [2.05, 4.69) is 17.0 Å². The number of benzene rings is 2. The van der Waals surface area contributed by atoms with E-state index in [1.54, 1.807) is 12.1 Å². The lowest BCUT2D eigenvalue weighted by Crippen LogP contribution is -2.22. The Bertz CT molecular complexity index is 621. The molecule has 2 nitrogen and oxygen atoms in total. The number of ether oxygens (including phenoxy) is 1. The Labute approximate surface area is 137 Å². The minimum atomic E-state index is -0.168. The monoisotopic (exact) mass is 313 g/mol. The highest BCUT2D eigenvalue weighted by Crippen LogP contribution is 2.33. The Kier molecular flexibility index (Phi) is 4.97. The van der Waals surface area contributed by atoms with Gasteiger partial charge in [0.25, 0.3) is 0 Å². The van der Waals surface area contributed by atoms with Gasteiger partial charge in [0.15, 0.2) is 0 Å². The molecule has 0 radical (unpaired) electrons. The molecule has 122 valence electrons. The number of likely N-dealkylation sites (tertiary alicyclic amines) is 1. The summed E-state index contributed by atoms with van der Waals surface area (Å²) in [6, 6.07) is 15.7. The van der Waals surface area contributed by atoms with Gasteiger partial charge in [-0.3, -0.25) is 4.90 Å². The molecule has 0 saturated carbocycles. The Morgan fingerprint density at radius 2 is 1.78 bits per heavy atom. The maximum Gasteiger partial charge on any atom is 0.123 e. The van der Waals surface area contributed by atoms with Gasteiger partial charge in [-0.2, -0.15) is 0 Å². The van der Waals surface area contributed by atoms with Crippen LogP contribution in [0.1, 0.15) is 43.9 Å². The first-order valence-electron chi connectivity index (χ1n) is 8.37. The van der Waals surface area contributed by atoms with Crippen LogP contribution >= 0.6 is 0 Å². The van der Waals surface area contributed by atoms with Gasteiger partial charge >= 0.3 is 0 Å². The number of hydrogen-bond acceptors (Lipinski definition) is 2. The van der Waals surface area contributed by atoms with Gasteiger partial charge in [0.2, 0.25) is 0 Å². The lowest BCUT2D eigenvalue weighted by atomic mass is 10.0. The van der Waals surface area contributed by atoms with Crippen LogP contribution in [-0.4, -0.2) is 17.5 Å². The molecule has 23 heavy (non-hydrogen) atoms. The Hall–Kier alpha value is -1.87. The zero-order valence-corrected chi connectivity index (χ0v) is 13.8. The Morgan fingerprint density at radius 3 is 2.43 bits per heavy atom. The van der Waals surface area contributed by atoms with E-state index in [-0.39, 0.29) is 11.9 Å². The zero-order chi connectivity index (χ0) is 16.2. The Balaban J connectivity index is 1.67. The van der Waals surface area contributed by atoms with Crippen molar-refractivity contribution in [2.45, 2.75) is 45.4 Å². The third-order valence-corrected chi connectivity index (χ3v) is 4.30.